The van der Waals surface area contributed by atoms with E-state index in [2.05, 4.69) is 19.2 Å². The normalized spacial score (nSPS) is 20.5. The summed E-state index contributed by atoms with van der Waals surface area (Å²) in [6.07, 6.45) is -4.58. The molecule has 1 unspecified atom stereocenters. The molecule has 3 rings (SSSR count). The van der Waals surface area contributed by atoms with Crippen molar-refractivity contribution in [1.82, 2.24) is 0 Å². The lowest BCUT2D eigenvalue weighted by Gasteiger charge is -2.36. The fourth-order valence-electron chi connectivity index (χ4n) is 2.93. The predicted molar refractivity (Wildman–Crippen MR) is 82.0 cm³/mol. The fraction of sp³-hybridized carbons (Fsp3) is 0.294. The van der Waals surface area contributed by atoms with E-state index < -0.39 is 20.1 Å². The summed E-state index contributed by atoms with van der Waals surface area (Å²) in [5.41, 5.74) is 2.46. The van der Waals surface area contributed by atoms with Crippen LogP contribution in [0.1, 0.15) is 28.4 Å². The highest BCUT2D eigenvalue weighted by molar-refractivity contribution is 6.70. The Kier molecular flexibility index (Phi) is 3.65. The van der Waals surface area contributed by atoms with Gasteiger partial charge in [0.1, 0.15) is 0 Å². The SMILES string of the molecule is C[Si]1(C)Cc2ccccc2C(c2ccc(C(F)(F)F)cc2)O1. The first-order valence-electron chi connectivity index (χ1n) is 7.19. The van der Waals surface area contributed by atoms with Crippen LogP contribution in [0, 0.1) is 0 Å². The molecule has 2 aromatic rings. The van der Waals surface area contributed by atoms with Crippen LogP contribution < -0.4 is 0 Å². The molecule has 1 aliphatic rings. The minimum absolute atomic E-state index is 0.270. The quantitative estimate of drug-likeness (QED) is 0.663. The molecule has 0 aliphatic carbocycles. The van der Waals surface area contributed by atoms with Crippen LogP contribution in [0.4, 0.5) is 13.2 Å². The lowest BCUT2D eigenvalue weighted by molar-refractivity contribution is -0.137. The van der Waals surface area contributed by atoms with E-state index in [0.29, 0.717) is 0 Å². The van der Waals surface area contributed by atoms with Crippen molar-refractivity contribution in [3.8, 4) is 0 Å². The van der Waals surface area contributed by atoms with Gasteiger partial charge in [0.15, 0.2) is 8.32 Å². The topological polar surface area (TPSA) is 9.23 Å². The largest absolute Gasteiger partial charge is 0.416 e. The first-order chi connectivity index (χ1) is 10.3. The van der Waals surface area contributed by atoms with Gasteiger partial charge in [-0.05, 0) is 48.0 Å². The van der Waals surface area contributed by atoms with Gasteiger partial charge in [0.2, 0.25) is 0 Å². The molecule has 5 heteroatoms. The number of benzene rings is 2. The van der Waals surface area contributed by atoms with Crippen LogP contribution >= 0.6 is 0 Å². The van der Waals surface area contributed by atoms with E-state index in [1.165, 1.54) is 17.7 Å². The Morgan fingerprint density at radius 1 is 1.00 bits per heavy atom. The third-order valence-electron chi connectivity index (χ3n) is 3.93. The monoisotopic (exact) mass is 322 g/mol. The standard InChI is InChI=1S/C17H17F3OSi/c1-22(2)11-13-5-3-4-6-15(13)16(21-22)12-7-9-14(10-8-12)17(18,19)20/h3-10,16H,11H2,1-2H3. The van der Waals surface area contributed by atoms with Crippen molar-refractivity contribution >= 4 is 8.32 Å². The molecule has 0 N–H and O–H groups in total. The zero-order chi connectivity index (χ0) is 16.0. The molecule has 0 bridgehead atoms. The lowest BCUT2D eigenvalue weighted by atomic mass is 9.96. The third kappa shape index (κ3) is 2.96. The van der Waals surface area contributed by atoms with Crippen molar-refractivity contribution in [2.75, 3.05) is 0 Å². The molecule has 22 heavy (non-hydrogen) atoms. The van der Waals surface area contributed by atoms with Crippen LogP contribution in [-0.4, -0.2) is 8.32 Å². The molecular formula is C17H17F3OSi. The number of halogens is 3. The van der Waals surface area contributed by atoms with Crippen LogP contribution in [0.15, 0.2) is 48.5 Å². The summed E-state index contributed by atoms with van der Waals surface area (Å²) < 4.78 is 44.4. The fourth-order valence-corrected chi connectivity index (χ4v) is 5.15. The summed E-state index contributed by atoms with van der Waals surface area (Å²) in [5.74, 6) is 0. The van der Waals surface area contributed by atoms with Crippen LogP contribution in [0.3, 0.4) is 0 Å². The molecule has 0 amide bonds. The summed E-state index contributed by atoms with van der Waals surface area (Å²) in [4.78, 5) is 0. The van der Waals surface area contributed by atoms with Crippen molar-refractivity contribution in [2.45, 2.75) is 31.4 Å². The molecule has 1 aliphatic heterocycles. The summed E-state index contributed by atoms with van der Waals surface area (Å²) in [5, 5.41) is 0. The van der Waals surface area contributed by atoms with Crippen LogP contribution in [0.25, 0.3) is 0 Å². The minimum Gasteiger partial charge on any atom is -0.406 e. The molecule has 0 aromatic heterocycles. The zero-order valence-corrected chi connectivity index (χ0v) is 13.4. The van der Waals surface area contributed by atoms with E-state index in [1.807, 2.05) is 18.2 Å². The highest BCUT2D eigenvalue weighted by Gasteiger charge is 2.36. The summed E-state index contributed by atoms with van der Waals surface area (Å²) in [7, 11) is -1.86. The maximum absolute atomic E-state index is 12.7. The van der Waals surface area contributed by atoms with E-state index in [0.717, 1.165) is 29.3 Å². The van der Waals surface area contributed by atoms with Crippen LogP contribution in [0.2, 0.25) is 13.1 Å². The van der Waals surface area contributed by atoms with E-state index >= 15 is 0 Å². The van der Waals surface area contributed by atoms with Gasteiger partial charge in [-0.3, -0.25) is 0 Å². The number of alkyl halides is 3. The molecule has 1 atom stereocenters. The van der Waals surface area contributed by atoms with Crippen molar-refractivity contribution in [3.63, 3.8) is 0 Å². The first-order valence-corrected chi connectivity index (χ1v) is 10.3. The van der Waals surface area contributed by atoms with E-state index in [4.69, 9.17) is 4.43 Å². The average molecular weight is 322 g/mol. The van der Waals surface area contributed by atoms with Gasteiger partial charge in [-0.1, -0.05) is 36.4 Å². The smallest absolute Gasteiger partial charge is 0.406 e. The maximum atomic E-state index is 12.7. The minimum atomic E-state index is -4.31. The second kappa shape index (κ2) is 5.24. The Morgan fingerprint density at radius 2 is 1.64 bits per heavy atom. The van der Waals surface area contributed by atoms with E-state index in [1.54, 1.807) is 0 Å². The Labute approximate surface area is 128 Å². The molecule has 0 spiro atoms. The van der Waals surface area contributed by atoms with Gasteiger partial charge < -0.3 is 4.43 Å². The Bertz CT molecular complexity index is 677. The number of rotatable bonds is 1. The highest BCUT2D eigenvalue weighted by Crippen LogP contribution is 2.38. The van der Waals surface area contributed by atoms with Gasteiger partial charge in [0, 0.05) is 0 Å². The summed E-state index contributed by atoms with van der Waals surface area (Å²) in [6.45, 7) is 4.28. The molecule has 1 nitrogen and oxygen atoms in total. The molecule has 0 radical (unpaired) electrons. The summed E-state index contributed by atoms with van der Waals surface area (Å²) in [6, 6.07) is 14.3. The lowest BCUT2D eigenvalue weighted by Crippen LogP contribution is -2.40. The highest BCUT2D eigenvalue weighted by atomic mass is 28.4. The Balaban J connectivity index is 2.01. The van der Waals surface area contributed by atoms with Gasteiger partial charge in [-0.2, -0.15) is 13.2 Å². The molecule has 0 saturated heterocycles. The van der Waals surface area contributed by atoms with Crippen molar-refractivity contribution < 1.29 is 17.6 Å². The molecule has 0 saturated carbocycles. The zero-order valence-electron chi connectivity index (χ0n) is 12.4. The van der Waals surface area contributed by atoms with Crippen LogP contribution in [-0.2, 0) is 16.6 Å². The Hall–Kier alpha value is -1.59. The summed E-state index contributed by atoms with van der Waals surface area (Å²) >= 11 is 0. The van der Waals surface area contributed by atoms with Gasteiger partial charge >= 0.3 is 6.18 Å². The predicted octanol–water partition coefficient (Wildman–Crippen LogP) is 5.11. The van der Waals surface area contributed by atoms with Gasteiger partial charge in [-0.15, -0.1) is 0 Å². The number of hydrogen-bond donors (Lipinski definition) is 0. The van der Waals surface area contributed by atoms with E-state index in [9.17, 15) is 13.2 Å². The first kappa shape index (κ1) is 15.3. The average Bonchev–Trinajstić information content (AvgIpc) is 2.44. The van der Waals surface area contributed by atoms with E-state index in [-0.39, 0.29) is 6.10 Å². The Morgan fingerprint density at radius 3 is 2.27 bits per heavy atom. The van der Waals surface area contributed by atoms with Crippen molar-refractivity contribution in [1.29, 1.82) is 0 Å². The molecule has 0 fully saturated rings. The second-order valence-electron chi connectivity index (χ2n) is 6.25. The second-order valence-corrected chi connectivity index (χ2v) is 10.4. The van der Waals surface area contributed by atoms with Gasteiger partial charge in [0.05, 0.1) is 11.7 Å². The van der Waals surface area contributed by atoms with Crippen LogP contribution in [0.5, 0.6) is 0 Å². The molecule has 2 aromatic carbocycles. The molecule has 116 valence electrons. The third-order valence-corrected chi connectivity index (χ3v) is 6.04. The van der Waals surface area contributed by atoms with Crippen molar-refractivity contribution in [3.05, 3.63) is 70.8 Å². The number of hydrogen-bond acceptors (Lipinski definition) is 1. The van der Waals surface area contributed by atoms with Gasteiger partial charge in [0.25, 0.3) is 0 Å². The molecular weight excluding hydrogens is 305 g/mol. The van der Waals surface area contributed by atoms with Gasteiger partial charge in [-0.25, -0.2) is 0 Å². The maximum Gasteiger partial charge on any atom is 0.416 e. The number of fused-ring (bicyclic) bond motifs is 1. The molecule has 1 heterocycles. The van der Waals surface area contributed by atoms with Crippen molar-refractivity contribution in [2.24, 2.45) is 0 Å².